The molecule has 0 unspecified atom stereocenters. The minimum absolute atomic E-state index is 0.125. The zero-order valence-electron chi connectivity index (χ0n) is 12.6. The van der Waals surface area contributed by atoms with E-state index in [9.17, 15) is 4.79 Å². The molecule has 0 saturated heterocycles. The molecular weight excluding hydrogens is 286 g/mol. The number of anilines is 1. The van der Waals surface area contributed by atoms with E-state index in [1.165, 1.54) is 18.4 Å². The second-order valence-electron chi connectivity index (χ2n) is 4.96. The molecule has 1 aromatic heterocycles. The minimum Gasteiger partial charge on any atom is -0.491 e. The second-order valence-corrected chi connectivity index (χ2v) is 6.21. The molecule has 0 bridgehead atoms. The number of ether oxygens (including phenoxy) is 2. The number of carbonyl (C=O) groups excluding carboxylic acids is 1. The Morgan fingerprint density at radius 1 is 1.24 bits per heavy atom. The first-order valence-electron chi connectivity index (χ1n) is 6.68. The van der Waals surface area contributed by atoms with E-state index in [0.717, 1.165) is 21.8 Å². The van der Waals surface area contributed by atoms with E-state index >= 15 is 0 Å². The van der Waals surface area contributed by atoms with Crippen molar-refractivity contribution in [3.05, 3.63) is 34.7 Å². The van der Waals surface area contributed by atoms with E-state index in [1.807, 2.05) is 45.0 Å². The van der Waals surface area contributed by atoms with Crippen molar-refractivity contribution in [1.29, 1.82) is 0 Å². The molecule has 0 spiro atoms. The molecular formula is C16H19NO3S. The number of carbonyl (C=O) groups is 1. The van der Waals surface area contributed by atoms with Crippen LogP contribution in [-0.2, 0) is 4.74 Å². The van der Waals surface area contributed by atoms with Crippen molar-refractivity contribution in [2.24, 2.45) is 0 Å². The second kappa shape index (κ2) is 6.18. The van der Waals surface area contributed by atoms with Gasteiger partial charge in [-0.3, -0.25) is 0 Å². The van der Waals surface area contributed by atoms with Gasteiger partial charge in [-0.15, -0.1) is 11.3 Å². The number of hydrogen-bond acceptors (Lipinski definition) is 5. The van der Waals surface area contributed by atoms with Gasteiger partial charge in [-0.2, -0.15) is 0 Å². The summed E-state index contributed by atoms with van der Waals surface area (Å²) in [5, 5.41) is 0.483. The van der Waals surface area contributed by atoms with Crippen molar-refractivity contribution >= 4 is 22.3 Å². The average molecular weight is 305 g/mol. The Morgan fingerprint density at radius 2 is 1.86 bits per heavy atom. The lowest BCUT2D eigenvalue weighted by molar-refractivity contribution is 0.0603. The molecule has 1 aromatic carbocycles. The highest BCUT2D eigenvalue weighted by molar-refractivity contribution is 7.16. The molecule has 2 N–H and O–H groups in total. The Labute approximate surface area is 128 Å². The van der Waals surface area contributed by atoms with E-state index in [4.69, 9.17) is 15.2 Å². The van der Waals surface area contributed by atoms with Gasteiger partial charge in [-0.05, 0) is 38.5 Å². The molecule has 2 rings (SSSR count). The summed E-state index contributed by atoms with van der Waals surface area (Å²) in [6.07, 6.45) is 0.125. The molecule has 0 aliphatic heterocycles. The van der Waals surface area contributed by atoms with Crippen LogP contribution < -0.4 is 10.5 Å². The fraction of sp³-hybridized carbons (Fsp3) is 0.312. The molecule has 0 aliphatic carbocycles. The number of methoxy groups -OCH3 is 1. The topological polar surface area (TPSA) is 61.5 Å². The van der Waals surface area contributed by atoms with Gasteiger partial charge in [-0.25, -0.2) is 4.79 Å². The zero-order chi connectivity index (χ0) is 15.6. The Balaban J connectivity index is 2.44. The highest BCUT2D eigenvalue weighted by Gasteiger charge is 2.22. The van der Waals surface area contributed by atoms with Crippen LogP contribution in [0, 0.1) is 6.92 Å². The fourth-order valence-corrected chi connectivity index (χ4v) is 3.13. The summed E-state index contributed by atoms with van der Waals surface area (Å²) in [5.41, 5.74) is 8.15. The Hall–Kier alpha value is -2.01. The highest BCUT2D eigenvalue weighted by Crippen LogP contribution is 2.39. The summed E-state index contributed by atoms with van der Waals surface area (Å²) in [7, 11) is 1.36. The van der Waals surface area contributed by atoms with Gasteiger partial charge in [0, 0.05) is 10.4 Å². The summed E-state index contributed by atoms with van der Waals surface area (Å²) in [6.45, 7) is 5.90. The lowest BCUT2D eigenvalue weighted by Crippen LogP contribution is -2.06. The van der Waals surface area contributed by atoms with Crippen LogP contribution in [0.3, 0.4) is 0 Å². The maximum atomic E-state index is 11.9. The van der Waals surface area contributed by atoms with Gasteiger partial charge < -0.3 is 15.2 Å². The predicted molar refractivity (Wildman–Crippen MR) is 86.0 cm³/mol. The van der Waals surface area contributed by atoms with E-state index in [1.54, 1.807) is 0 Å². The molecule has 4 nitrogen and oxygen atoms in total. The Bertz CT molecular complexity index is 644. The highest BCUT2D eigenvalue weighted by atomic mass is 32.1. The molecule has 0 amide bonds. The van der Waals surface area contributed by atoms with Crippen molar-refractivity contribution in [2.75, 3.05) is 12.8 Å². The number of thiophene rings is 1. The van der Waals surface area contributed by atoms with Crippen molar-refractivity contribution in [3.8, 4) is 16.9 Å². The minimum atomic E-state index is -0.408. The van der Waals surface area contributed by atoms with E-state index in [-0.39, 0.29) is 6.10 Å². The first kappa shape index (κ1) is 15.4. The van der Waals surface area contributed by atoms with Crippen LogP contribution in [-0.4, -0.2) is 19.2 Å². The third-order valence-corrected chi connectivity index (χ3v) is 3.95. The molecule has 0 radical (unpaired) electrons. The van der Waals surface area contributed by atoms with Crippen molar-refractivity contribution < 1.29 is 14.3 Å². The standard InChI is InChI=1S/C16H19NO3S/c1-9(2)20-12-7-5-11(6-8-12)13-10(3)21-15(17)14(13)16(18)19-4/h5-9H,17H2,1-4H3. The summed E-state index contributed by atoms with van der Waals surface area (Å²) >= 11 is 1.39. The number of esters is 1. The number of aryl methyl sites for hydroxylation is 1. The Kier molecular flexibility index (Phi) is 4.53. The van der Waals surface area contributed by atoms with Crippen LogP contribution in [0.2, 0.25) is 0 Å². The number of nitrogens with two attached hydrogens (primary N) is 1. The average Bonchev–Trinajstić information content (AvgIpc) is 2.73. The summed E-state index contributed by atoms with van der Waals surface area (Å²) < 4.78 is 10.5. The van der Waals surface area contributed by atoms with E-state index in [0.29, 0.717) is 10.6 Å². The van der Waals surface area contributed by atoms with Gasteiger partial charge in [-0.1, -0.05) is 12.1 Å². The van der Waals surface area contributed by atoms with Crippen molar-refractivity contribution in [2.45, 2.75) is 26.9 Å². The van der Waals surface area contributed by atoms with Crippen LogP contribution >= 0.6 is 11.3 Å². The van der Waals surface area contributed by atoms with Gasteiger partial charge in [0.15, 0.2) is 0 Å². The molecule has 0 atom stereocenters. The van der Waals surface area contributed by atoms with Crippen molar-refractivity contribution in [3.63, 3.8) is 0 Å². The number of hydrogen-bond donors (Lipinski definition) is 1. The van der Waals surface area contributed by atoms with Gasteiger partial charge >= 0.3 is 5.97 Å². The van der Waals surface area contributed by atoms with E-state index < -0.39 is 5.97 Å². The maximum Gasteiger partial charge on any atom is 0.341 e. The van der Waals surface area contributed by atoms with Crippen molar-refractivity contribution in [1.82, 2.24) is 0 Å². The molecule has 2 aromatic rings. The monoisotopic (exact) mass is 305 g/mol. The lowest BCUT2D eigenvalue weighted by atomic mass is 10.0. The number of benzene rings is 1. The molecule has 5 heteroatoms. The third kappa shape index (κ3) is 3.19. The first-order chi connectivity index (χ1) is 9.93. The van der Waals surface area contributed by atoms with E-state index in [2.05, 4.69) is 0 Å². The zero-order valence-corrected chi connectivity index (χ0v) is 13.4. The number of nitrogen functional groups attached to an aromatic ring is 1. The molecule has 1 heterocycles. The lowest BCUT2D eigenvalue weighted by Gasteiger charge is -2.11. The van der Waals surface area contributed by atoms with Crippen LogP contribution in [0.25, 0.3) is 11.1 Å². The number of rotatable bonds is 4. The van der Waals surface area contributed by atoms with Gasteiger partial charge in [0.1, 0.15) is 16.3 Å². The smallest absolute Gasteiger partial charge is 0.341 e. The predicted octanol–water partition coefficient (Wildman–Crippen LogP) is 3.88. The normalized spacial score (nSPS) is 10.7. The van der Waals surface area contributed by atoms with Gasteiger partial charge in [0.05, 0.1) is 13.2 Å². The van der Waals surface area contributed by atoms with Crippen LogP contribution in [0.15, 0.2) is 24.3 Å². The van der Waals surface area contributed by atoms with Crippen LogP contribution in [0.1, 0.15) is 29.1 Å². The van der Waals surface area contributed by atoms with Crippen LogP contribution in [0.4, 0.5) is 5.00 Å². The van der Waals surface area contributed by atoms with Gasteiger partial charge in [0.25, 0.3) is 0 Å². The Morgan fingerprint density at radius 3 is 2.38 bits per heavy atom. The molecule has 112 valence electrons. The largest absolute Gasteiger partial charge is 0.491 e. The third-order valence-electron chi connectivity index (χ3n) is 3.02. The first-order valence-corrected chi connectivity index (χ1v) is 7.50. The summed E-state index contributed by atoms with van der Waals surface area (Å²) in [6, 6.07) is 7.64. The quantitative estimate of drug-likeness (QED) is 0.871. The summed E-state index contributed by atoms with van der Waals surface area (Å²) in [4.78, 5) is 12.9. The fourth-order valence-electron chi connectivity index (χ4n) is 2.19. The van der Waals surface area contributed by atoms with Crippen LogP contribution in [0.5, 0.6) is 5.75 Å². The maximum absolute atomic E-state index is 11.9. The van der Waals surface area contributed by atoms with Gasteiger partial charge in [0.2, 0.25) is 0 Å². The molecule has 0 saturated carbocycles. The molecule has 0 aliphatic rings. The molecule has 21 heavy (non-hydrogen) atoms. The molecule has 0 fully saturated rings. The summed E-state index contributed by atoms with van der Waals surface area (Å²) in [5.74, 6) is 0.392. The SMILES string of the molecule is COC(=O)c1c(N)sc(C)c1-c1ccc(OC(C)C)cc1.